The summed E-state index contributed by atoms with van der Waals surface area (Å²) in [6.45, 7) is 20.1. The smallest absolute Gasteiger partial charge is 0.399 e. The predicted octanol–water partition coefficient (Wildman–Crippen LogP) is 4.17. The van der Waals surface area contributed by atoms with Crippen molar-refractivity contribution in [1.82, 2.24) is 0 Å². The lowest BCUT2D eigenvalue weighted by atomic mass is 9.74. The van der Waals surface area contributed by atoms with Crippen LogP contribution in [0.5, 0.6) is 0 Å². The zero-order valence-electron chi connectivity index (χ0n) is 12.7. The zero-order valence-corrected chi connectivity index (χ0v) is 12.7. The molecule has 1 heterocycles. The lowest BCUT2D eigenvalue weighted by molar-refractivity contribution is 0.00578. The van der Waals surface area contributed by atoms with E-state index in [4.69, 9.17) is 9.31 Å². The van der Waals surface area contributed by atoms with Crippen LogP contribution in [0.4, 0.5) is 0 Å². The van der Waals surface area contributed by atoms with Gasteiger partial charge in [0.05, 0.1) is 11.2 Å². The molecular formula is C14H27BO2. The Kier molecular flexibility index (Phi) is 5.69. The molecule has 0 aromatic heterocycles. The van der Waals surface area contributed by atoms with Gasteiger partial charge in [-0.2, -0.15) is 0 Å². The summed E-state index contributed by atoms with van der Waals surface area (Å²) >= 11 is 0. The molecule has 0 aromatic carbocycles. The summed E-state index contributed by atoms with van der Waals surface area (Å²) in [6, 6.07) is 0. The summed E-state index contributed by atoms with van der Waals surface area (Å²) in [5.74, 6) is 0. The van der Waals surface area contributed by atoms with Crippen LogP contribution >= 0.6 is 0 Å². The first-order valence-corrected chi connectivity index (χ1v) is 6.39. The standard InChI is InChI=1S/C12H21BO2.C2H6/c1-8-10(9(2)3)13-14-11(4,5)12(6,7)15-13;1-2/h8H,2H2,1,3-7H3;1-2H3/b10-8+;. The second kappa shape index (κ2) is 5.88. The van der Waals surface area contributed by atoms with E-state index in [0.29, 0.717) is 0 Å². The Morgan fingerprint density at radius 2 is 1.41 bits per heavy atom. The molecule has 0 N–H and O–H groups in total. The van der Waals surface area contributed by atoms with Gasteiger partial charge in [-0.15, -0.1) is 0 Å². The van der Waals surface area contributed by atoms with E-state index < -0.39 is 0 Å². The molecule has 0 aliphatic carbocycles. The van der Waals surface area contributed by atoms with E-state index in [9.17, 15) is 0 Å². The maximum Gasteiger partial charge on any atom is 0.494 e. The van der Waals surface area contributed by atoms with E-state index in [-0.39, 0.29) is 18.3 Å². The Bertz CT molecular complexity index is 287. The van der Waals surface area contributed by atoms with Gasteiger partial charge in [0.2, 0.25) is 0 Å². The summed E-state index contributed by atoms with van der Waals surface area (Å²) in [7, 11) is -0.280. The van der Waals surface area contributed by atoms with Gasteiger partial charge >= 0.3 is 7.12 Å². The first kappa shape index (κ1) is 16.5. The first-order valence-electron chi connectivity index (χ1n) is 6.39. The molecule has 17 heavy (non-hydrogen) atoms. The Labute approximate surface area is 107 Å². The van der Waals surface area contributed by atoms with Crippen LogP contribution in [0.15, 0.2) is 23.7 Å². The molecule has 2 nitrogen and oxygen atoms in total. The molecule has 98 valence electrons. The fourth-order valence-electron chi connectivity index (χ4n) is 1.55. The van der Waals surface area contributed by atoms with E-state index in [1.165, 1.54) is 0 Å². The van der Waals surface area contributed by atoms with Gasteiger partial charge in [0.15, 0.2) is 0 Å². The third-order valence-electron chi connectivity index (χ3n) is 3.31. The molecule has 1 fully saturated rings. The topological polar surface area (TPSA) is 18.5 Å². The summed E-state index contributed by atoms with van der Waals surface area (Å²) < 4.78 is 11.9. The lowest BCUT2D eigenvalue weighted by Gasteiger charge is -2.32. The minimum atomic E-state index is -0.280. The van der Waals surface area contributed by atoms with Crippen LogP contribution in [0.25, 0.3) is 0 Å². The second-order valence-electron chi connectivity index (χ2n) is 5.11. The molecule has 0 spiro atoms. The SMILES string of the molecule is C=C(C)/C(=C\C)B1OC(C)(C)C(C)(C)O1.CC. The highest BCUT2D eigenvalue weighted by atomic mass is 16.7. The van der Waals surface area contributed by atoms with Crippen molar-refractivity contribution in [2.75, 3.05) is 0 Å². The van der Waals surface area contributed by atoms with Gasteiger partial charge in [-0.05, 0) is 47.0 Å². The van der Waals surface area contributed by atoms with E-state index in [0.717, 1.165) is 11.0 Å². The van der Waals surface area contributed by atoms with Gasteiger partial charge in [-0.1, -0.05) is 32.1 Å². The molecule has 3 heteroatoms. The van der Waals surface area contributed by atoms with Crippen LogP contribution in [-0.2, 0) is 9.31 Å². The molecule has 0 aromatic rings. The largest absolute Gasteiger partial charge is 0.494 e. The average molecular weight is 238 g/mol. The molecule has 1 aliphatic heterocycles. The van der Waals surface area contributed by atoms with Crippen molar-refractivity contribution in [3.05, 3.63) is 23.7 Å². The van der Waals surface area contributed by atoms with Crippen LogP contribution in [-0.4, -0.2) is 18.3 Å². The van der Waals surface area contributed by atoms with Crippen molar-refractivity contribution in [2.24, 2.45) is 0 Å². The highest BCUT2D eigenvalue weighted by molar-refractivity contribution is 6.56. The number of hydrogen-bond acceptors (Lipinski definition) is 2. The van der Waals surface area contributed by atoms with Crippen LogP contribution in [0.1, 0.15) is 55.4 Å². The summed E-state index contributed by atoms with van der Waals surface area (Å²) in [5, 5.41) is 0. The van der Waals surface area contributed by atoms with Crippen molar-refractivity contribution >= 4 is 7.12 Å². The normalized spacial score (nSPS) is 21.9. The Morgan fingerprint density at radius 3 is 1.65 bits per heavy atom. The monoisotopic (exact) mass is 238 g/mol. The average Bonchev–Trinajstić information content (AvgIpc) is 2.39. The van der Waals surface area contributed by atoms with Gasteiger partial charge in [0.1, 0.15) is 0 Å². The van der Waals surface area contributed by atoms with Crippen LogP contribution in [0, 0.1) is 0 Å². The fraction of sp³-hybridized carbons (Fsp3) is 0.714. The van der Waals surface area contributed by atoms with Gasteiger partial charge < -0.3 is 9.31 Å². The molecule has 1 aliphatic rings. The zero-order chi connectivity index (χ0) is 13.9. The minimum absolute atomic E-state index is 0.276. The van der Waals surface area contributed by atoms with Gasteiger partial charge in [0.25, 0.3) is 0 Å². The van der Waals surface area contributed by atoms with Crippen molar-refractivity contribution < 1.29 is 9.31 Å². The Hall–Kier alpha value is -0.535. The maximum atomic E-state index is 5.93. The van der Waals surface area contributed by atoms with E-state index in [1.807, 2.05) is 33.8 Å². The van der Waals surface area contributed by atoms with Gasteiger partial charge in [-0.3, -0.25) is 0 Å². The Morgan fingerprint density at radius 1 is 1.06 bits per heavy atom. The van der Waals surface area contributed by atoms with Crippen LogP contribution in [0.3, 0.4) is 0 Å². The molecule has 1 rings (SSSR count). The molecule has 0 saturated carbocycles. The van der Waals surface area contributed by atoms with E-state index in [1.54, 1.807) is 0 Å². The minimum Gasteiger partial charge on any atom is -0.399 e. The van der Waals surface area contributed by atoms with Crippen molar-refractivity contribution in [3.8, 4) is 0 Å². The molecule has 0 radical (unpaired) electrons. The van der Waals surface area contributed by atoms with Gasteiger partial charge in [0, 0.05) is 0 Å². The van der Waals surface area contributed by atoms with Crippen LogP contribution in [0.2, 0.25) is 0 Å². The number of hydrogen-bond donors (Lipinski definition) is 0. The number of allylic oxidation sites excluding steroid dienone is 3. The molecule has 0 unspecified atom stereocenters. The van der Waals surface area contributed by atoms with Crippen molar-refractivity contribution in [3.63, 3.8) is 0 Å². The number of rotatable bonds is 2. The molecule has 0 bridgehead atoms. The second-order valence-corrected chi connectivity index (χ2v) is 5.11. The summed E-state index contributed by atoms with van der Waals surface area (Å²) in [6.07, 6.45) is 2.00. The fourth-order valence-corrected chi connectivity index (χ4v) is 1.55. The van der Waals surface area contributed by atoms with Crippen molar-refractivity contribution in [1.29, 1.82) is 0 Å². The third-order valence-corrected chi connectivity index (χ3v) is 3.31. The lowest BCUT2D eigenvalue weighted by Crippen LogP contribution is -2.41. The highest BCUT2D eigenvalue weighted by Crippen LogP contribution is 2.39. The molecular weight excluding hydrogens is 211 g/mol. The molecule has 0 amide bonds. The quantitative estimate of drug-likeness (QED) is 0.531. The first-order chi connectivity index (χ1) is 7.71. The predicted molar refractivity (Wildman–Crippen MR) is 76.0 cm³/mol. The van der Waals surface area contributed by atoms with E-state index in [2.05, 4.69) is 34.3 Å². The summed E-state index contributed by atoms with van der Waals surface area (Å²) in [5.41, 5.74) is 1.48. The van der Waals surface area contributed by atoms with Gasteiger partial charge in [-0.25, -0.2) is 0 Å². The van der Waals surface area contributed by atoms with Crippen molar-refractivity contribution in [2.45, 2.75) is 66.6 Å². The Balaban J connectivity index is 0.00000121. The molecule has 0 atom stereocenters. The molecule has 1 saturated heterocycles. The maximum absolute atomic E-state index is 5.93. The summed E-state index contributed by atoms with van der Waals surface area (Å²) in [4.78, 5) is 0. The van der Waals surface area contributed by atoms with Crippen LogP contribution < -0.4 is 0 Å². The highest BCUT2D eigenvalue weighted by Gasteiger charge is 2.52. The third kappa shape index (κ3) is 3.46. The van der Waals surface area contributed by atoms with E-state index >= 15 is 0 Å².